The molecule has 0 bridgehead atoms. The zero-order valence-electron chi connectivity index (χ0n) is 24.2. The summed E-state index contributed by atoms with van der Waals surface area (Å²) in [4.78, 5) is 73.3. The van der Waals surface area contributed by atoms with Crippen LogP contribution in [0.1, 0.15) is 110 Å². The first kappa shape index (κ1) is 33.7. The van der Waals surface area contributed by atoms with Gasteiger partial charge in [-0.25, -0.2) is 9.59 Å². The van der Waals surface area contributed by atoms with Gasteiger partial charge in [0.1, 0.15) is 0 Å². The second kappa shape index (κ2) is 15.9. The number of hydrogen-bond acceptors (Lipinski definition) is 7. The number of aromatic carboxylic acids is 1. The Morgan fingerprint density at radius 3 is 1.32 bits per heavy atom. The Balaban J connectivity index is 0.000000402. The molecule has 0 atom stereocenters. The zero-order chi connectivity index (χ0) is 30.6. The molecule has 10 heteroatoms. The average Bonchev–Trinajstić information content (AvgIpc) is 2.92. The second-order valence-electron chi connectivity index (χ2n) is 9.19. The maximum absolute atomic E-state index is 12.3. The highest BCUT2D eigenvalue weighted by Gasteiger charge is 2.18. The smallest absolute Gasteiger partial charge is 0.338 e. The molecule has 0 spiro atoms. The van der Waals surface area contributed by atoms with E-state index in [0.29, 0.717) is 24.2 Å². The summed E-state index contributed by atoms with van der Waals surface area (Å²) >= 11 is 0. The Hall–Kier alpha value is -4.34. The van der Waals surface area contributed by atoms with Crippen LogP contribution in [0.4, 0.5) is 0 Å². The standard InChI is InChI=1S/C16H21NO4.C14H17NO4/c1-5-7-17(4)15(19)13-8-12(11(3)18)9-14(10-13)16(20)21-6-2;1-4-5-15(3)13(17)11-6-10(9(2)16)7-12(8-11)14(18)19/h8-10H,5-7H2,1-4H3;6-8H,4-5H2,1-3H3,(H,18,19). The third-order valence-electron chi connectivity index (χ3n) is 5.74. The van der Waals surface area contributed by atoms with E-state index in [9.17, 15) is 28.8 Å². The van der Waals surface area contributed by atoms with Gasteiger partial charge in [0.15, 0.2) is 11.6 Å². The first-order valence-corrected chi connectivity index (χ1v) is 13.0. The van der Waals surface area contributed by atoms with Gasteiger partial charge in [-0.05, 0) is 70.0 Å². The lowest BCUT2D eigenvalue weighted by molar-refractivity contribution is 0.0525. The molecule has 2 rings (SSSR count). The number of benzene rings is 2. The molecule has 2 aromatic carbocycles. The van der Waals surface area contributed by atoms with Gasteiger partial charge < -0.3 is 19.6 Å². The molecule has 40 heavy (non-hydrogen) atoms. The lowest BCUT2D eigenvalue weighted by Crippen LogP contribution is -2.27. The predicted octanol–water partition coefficient (Wildman–Crippen LogP) is 4.62. The monoisotopic (exact) mass is 554 g/mol. The zero-order valence-corrected chi connectivity index (χ0v) is 24.2. The fraction of sp³-hybridized carbons (Fsp3) is 0.400. The molecule has 2 amide bonds. The molecule has 0 aliphatic rings. The molecule has 0 aromatic heterocycles. The van der Waals surface area contributed by atoms with E-state index in [0.717, 1.165) is 12.8 Å². The van der Waals surface area contributed by atoms with Gasteiger partial charge >= 0.3 is 11.9 Å². The first-order valence-electron chi connectivity index (χ1n) is 13.0. The van der Waals surface area contributed by atoms with E-state index >= 15 is 0 Å². The van der Waals surface area contributed by atoms with Gasteiger partial charge in [-0.15, -0.1) is 0 Å². The molecular weight excluding hydrogens is 516 g/mol. The quantitative estimate of drug-likeness (QED) is 0.314. The van der Waals surface area contributed by atoms with Crippen molar-refractivity contribution in [2.75, 3.05) is 33.8 Å². The number of ketones is 2. The van der Waals surface area contributed by atoms with E-state index in [-0.39, 0.29) is 52.2 Å². The SMILES string of the molecule is CCCN(C)C(=O)c1cc(C(C)=O)cc(C(=O)O)c1.CCCN(C)C(=O)c1cc(C(C)=O)cc(C(=O)OCC)c1. The average molecular weight is 555 g/mol. The minimum atomic E-state index is -1.16. The number of hydrogen-bond donors (Lipinski definition) is 1. The number of amides is 2. The number of carbonyl (C=O) groups excluding carboxylic acids is 5. The van der Waals surface area contributed by atoms with Crippen LogP contribution in [0.3, 0.4) is 0 Å². The summed E-state index contributed by atoms with van der Waals surface area (Å²) in [5, 5.41) is 9.00. The van der Waals surface area contributed by atoms with Crippen molar-refractivity contribution in [1.82, 2.24) is 9.80 Å². The molecule has 0 aliphatic heterocycles. The van der Waals surface area contributed by atoms with Crippen LogP contribution in [0, 0.1) is 0 Å². The van der Waals surface area contributed by atoms with E-state index in [1.807, 2.05) is 13.8 Å². The number of esters is 1. The van der Waals surface area contributed by atoms with Crippen LogP contribution in [-0.2, 0) is 4.74 Å². The highest BCUT2D eigenvalue weighted by molar-refractivity contribution is 6.04. The van der Waals surface area contributed by atoms with Crippen LogP contribution in [0.25, 0.3) is 0 Å². The van der Waals surface area contributed by atoms with Gasteiger partial charge in [0.25, 0.3) is 11.8 Å². The second-order valence-corrected chi connectivity index (χ2v) is 9.19. The normalized spacial score (nSPS) is 10.1. The van der Waals surface area contributed by atoms with Crippen LogP contribution < -0.4 is 0 Å². The number of carbonyl (C=O) groups is 6. The Labute approximate surface area is 234 Å². The molecule has 0 saturated heterocycles. The van der Waals surface area contributed by atoms with Gasteiger partial charge in [0, 0.05) is 49.4 Å². The fourth-order valence-electron chi connectivity index (χ4n) is 3.68. The van der Waals surface area contributed by atoms with Gasteiger partial charge in [-0.2, -0.15) is 0 Å². The van der Waals surface area contributed by atoms with Crippen LogP contribution in [0.5, 0.6) is 0 Å². The summed E-state index contributed by atoms with van der Waals surface area (Å²) in [5.74, 6) is -2.66. The number of Topliss-reactive ketones (excluding diaryl/α,β-unsaturated/α-hetero) is 2. The molecule has 2 aromatic rings. The Morgan fingerprint density at radius 1 is 0.625 bits per heavy atom. The van der Waals surface area contributed by atoms with Crippen LogP contribution in [-0.4, -0.2) is 84.0 Å². The highest BCUT2D eigenvalue weighted by atomic mass is 16.5. The number of carboxylic acid groups (broad SMARTS) is 1. The van der Waals surface area contributed by atoms with Crippen molar-refractivity contribution >= 4 is 35.3 Å². The van der Waals surface area contributed by atoms with E-state index in [1.54, 1.807) is 25.9 Å². The van der Waals surface area contributed by atoms with Gasteiger partial charge in [0.2, 0.25) is 0 Å². The first-order chi connectivity index (χ1) is 18.8. The van der Waals surface area contributed by atoms with Crippen molar-refractivity contribution in [2.24, 2.45) is 0 Å². The third kappa shape index (κ3) is 9.76. The minimum Gasteiger partial charge on any atom is -0.478 e. The number of nitrogens with zero attached hydrogens (tertiary/aromatic N) is 2. The molecule has 0 saturated carbocycles. The molecule has 1 N–H and O–H groups in total. The predicted molar refractivity (Wildman–Crippen MR) is 150 cm³/mol. The van der Waals surface area contributed by atoms with Gasteiger partial charge in [-0.1, -0.05) is 13.8 Å². The number of carboxylic acids is 1. The van der Waals surface area contributed by atoms with E-state index in [1.165, 1.54) is 55.1 Å². The lowest BCUT2D eigenvalue weighted by Gasteiger charge is -2.17. The van der Waals surface area contributed by atoms with Crippen molar-refractivity contribution in [1.29, 1.82) is 0 Å². The molecule has 0 fully saturated rings. The molecule has 216 valence electrons. The van der Waals surface area contributed by atoms with Gasteiger partial charge in [-0.3, -0.25) is 19.2 Å². The fourth-order valence-corrected chi connectivity index (χ4v) is 3.68. The molecule has 0 radical (unpaired) electrons. The molecule has 0 heterocycles. The van der Waals surface area contributed by atoms with Crippen LogP contribution in [0.15, 0.2) is 36.4 Å². The maximum atomic E-state index is 12.3. The van der Waals surface area contributed by atoms with Gasteiger partial charge in [0.05, 0.1) is 17.7 Å². The minimum absolute atomic E-state index is 0.0547. The van der Waals surface area contributed by atoms with Crippen LogP contribution >= 0.6 is 0 Å². The summed E-state index contributed by atoms with van der Waals surface area (Å²) < 4.78 is 4.93. The number of rotatable bonds is 11. The van der Waals surface area contributed by atoms with E-state index in [2.05, 4.69) is 0 Å². The molecular formula is C30H38N2O8. The largest absolute Gasteiger partial charge is 0.478 e. The summed E-state index contributed by atoms with van der Waals surface area (Å²) in [7, 11) is 3.34. The lowest BCUT2D eigenvalue weighted by atomic mass is 10.0. The molecule has 10 nitrogen and oxygen atoms in total. The summed E-state index contributed by atoms with van der Waals surface area (Å²) in [5.41, 5.74) is 1.27. The Bertz CT molecular complexity index is 1240. The topological polar surface area (TPSA) is 138 Å². The highest BCUT2D eigenvalue weighted by Crippen LogP contribution is 2.15. The number of ether oxygens (including phenoxy) is 1. The maximum Gasteiger partial charge on any atom is 0.338 e. The molecule has 0 unspecified atom stereocenters. The van der Waals surface area contributed by atoms with Crippen molar-refractivity contribution in [3.05, 3.63) is 69.8 Å². The van der Waals surface area contributed by atoms with Crippen molar-refractivity contribution < 1.29 is 38.6 Å². The van der Waals surface area contributed by atoms with Crippen LogP contribution in [0.2, 0.25) is 0 Å². The van der Waals surface area contributed by atoms with Crippen molar-refractivity contribution in [3.63, 3.8) is 0 Å². The summed E-state index contributed by atoms with van der Waals surface area (Å²) in [6.07, 6.45) is 1.64. The van der Waals surface area contributed by atoms with Crippen molar-refractivity contribution in [3.8, 4) is 0 Å². The van der Waals surface area contributed by atoms with E-state index in [4.69, 9.17) is 9.84 Å². The Kier molecular flexibility index (Phi) is 13.4. The summed E-state index contributed by atoms with van der Waals surface area (Å²) in [6, 6.07) is 8.45. The van der Waals surface area contributed by atoms with E-state index < -0.39 is 11.9 Å². The molecule has 0 aliphatic carbocycles. The summed E-state index contributed by atoms with van der Waals surface area (Å²) in [6.45, 7) is 9.77. The van der Waals surface area contributed by atoms with Crippen molar-refractivity contribution in [2.45, 2.75) is 47.5 Å². The Morgan fingerprint density at radius 2 is 0.975 bits per heavy atom. The third-order valence-corrected chi connectivity index (χ3v) is 5.74.